The van der Waals surface area contributed by atoms with Crippen LogP contribution in [0.4, 0.5) is 0 Å². The molecule has 0 atom stereocenters. The number of fused-ring (bicyclic) bond motifs is 1. The summed E-state index contributed by atoms with van der Waals surface area (Å²) in [5.74, 6) is 0.895. The van der Waals surface area contributed by atoms with Gasteiger partial charge in [0.2, 0.25) is 5.91 Å². The van der Waals surface area contributed by atoms with Gasteiger partial charge in [-0.2, -0.15) is 0 Å². The number of amides is 1. The normalized spacial score (nSPS) is 16.2. The van der Waals surface area contributed by atoms with Gasteiger partial charge in [-0.05, 0) is 17.5 Å². The number of benzene rings is 1. The first kappa shape index (κ1) is 15.9. The Balaban J connectivity index is 1.63. The Kier molecular flexibility index (Phi) is 4.91. The average molecular weight is 311 g/mol. The van der Waals surface area contributed by atoms with Gasteiger partial charge in [0.1, 0.15) is 0 Å². The number of para-hydroxylation sites is 1. The molecule has 1 aromatic heterocycles. The van der Waals surface area contributed by atoms with Crippen molar-refractivity contribution in [3.63, 3.8) is 0 Å². The lowest BCUT2D eigenvalue weighted by Gasteiger charge is -2.35. The van der Waals surface area contributed by atoms with Crippen molar-refractivity contribution in [1.82, 2.24) is 14.8 Å². The third-order valence-corrected chi connectivity index (χ3v) is 4.41. The number of hydrogen-bond acceptors (Lipinski definition) is 3. The lowest BCUT2D eigenvalue weighted by molar-refractivity contribution is -0.132. The summed E-state index contributed by atoms with van der Waals surface area (Å²) in [5, 5.41) is 1.10. The molecule has 4 nitrogen and oxygen atoms in total. The Labute approximate surface area is 138 Å². The van der Waals surface area contributed by atoms with Crippen molar-refractivity contribution in [3.05, 3.63) is 42.1 Å². The molecule has 1 fully saturated rings. The summed E-state index contributed by atoms with van der Waals surface area (Å²) >= 11 is 0. The fourth-order valence-corrected chi connectivity index (χ4v) is 3.28. The number of nitrogens with zero attached hydrogens (tertiary/aromatic N) is 3. The number of hydrogen-bond donors (Lipinski definition) is 0. The van der Waals surface area contributed by atoms with Gasteiger partial charge in [0.15, 0.2) is 0 Å². The predicted molar refractivity (Wildman–Crippen MR) is 93.3 cm³/mol. The van der Waals surface area contributed by atoms with Crippen molar-refractivity contribution < 1.29 is 4.79 Å². The predicted octanol–water partition coefficient (Wildman–Crippen LogP) is 2.58. The van der Waals surface area contributed by atoms with Crippen LogP contribution in [0.3, 0.4) is 0 Å². The zero-order chi connectivity index (χ0) is 16.2. The second kappa shape index (κ2) is 7.09. The summed E-state index contributed by atoms with van der Waals surface area (Å²) < 4.78 is 0. The molecule has 0 spiro atoms. The third kappa shape index (κ3) is 3.88. The molecule has 1 aromatic carbocycles. The summed E-state index contributed by atoms with van der Waals surface area (Å²) in [6.45, 7) is 9.24. The van der Waals surface area contributed by atoms with Gasteiger partial charge in [-0.25, -0.2) is 0 Å². The molecule has 1 aliphatic rings. The molecule has 0 bridgehead atoms. The second-order valence-electron chi connectivity index (χ2n) is 6.74. The number of rotatable bonds is 4. The number of pyridine rings is 1. The van der Waals surface area contributed by atoms with E-state index >= 15 is 0 Å². The first-order chi connectivity index (χ1) is 11.1. The van der Waals surface area contributed by atoms with Crippen LogP contribution in [0.5, 0.6) is 0 Å². The van der Waals surface area contributed by atoms with Crippen molar-refractivity contribution in [2.75, 3.05) is 32.7 Å². The largest absolute Gasteiger partial charge is 0.340 e. The van der Waals surface area contributed by atoms with Crippen molar-refractivity contribution in [1.29, 1.82) is 0 Å². The molecule has 2 aromatic rings. The van der Waals surface area contributed by atoms with Gasteiger partial charge in [-0.3, -0.25) is 14.7 Å². The van der Waals surface area contributed by atoms with E-state index in [1.54, 1.807) is 6.20 Å². The fraction of sp³-hybridized carbons (Fsp3) is 0.474. The molecule has 3 rings (SSSR count). The lowest BCUT2D eigenvalue weighted by atomic mass is 10.1. The highest BCUT2D eigenvalue weighted by molar-refractivity contribution is 5.87. The summed E-state index contributed by atoms with van der Waals surface area (Å²) in [7, 11) is 0. The Hall–Kier alpha value is -1.94. The van der Waals surface area contributed by atoms with Crippen LogP contribution in [-0.2, 0) is 11.2 Å². The Morgan fingerprint density at radius 1 is 1.13 bits per heavy atom. The minimum absolute atomic E-state index is 0.215. The zero-order valence-electron chi connectivity index (χ0n) is 14.0. The maximum absolute atomic E-state index is 12.6. The molecular formula is C19H25N3O. The first-order valence-electron chi connectivity index (χ1n) is 8.46. The van der Waals surface area contributed by atoms with E-state index in [1.807, 2.05) is 35.2 Å². The Bertz CT molecular complexity index is 670. The number of carbonyl (C=O) groups is 1. The first-order valence-corrected chi connectivity index (χ1v) is 8.46. The molecule has 1 amide bonds. The van der Waals surface area contributed by atoms with E-state index in [9.17, 15) is 4.79 Å². The van der Waals surface area contributed by atoms with Crippen molar-refractivity contribution in [3.8, 4) is 0 Å². The molecule has 122 valence electrons. The molecule has 0 N–H and O–H groups in total. The zero-order valence-corrected chi connectivity index (χ0v) is 14.0. The lowest BCUT2D eigenvalue weighted by Crippen LogP contribution is -2.49. The highest BCUT2D eigenvalue weighted by atomic mass is 16.2. The van der Waals surface area contributed by atoms with Crippen LogP contribution >= 0.6 is 0 Å². The minimum Gasteiger partial charge on any atom is -0.340 e. The van der Waals surface area contributed by atoms with E-state index in [0.29, 0.717) is 12.3 Å². The van der Waals surface area contributed by atoms with E-state index in [2.05, 4.69) is 23.7 Å². The van der Waals surface area contributed by atoms with Gasteiger partial charge in [0.25, 0.3) is 0 Å². The average Bonchev–Trinajstić information content (AvgIpc) is 2.55. The summed E-state index contributed by atoms with van der Waals surface area (Å²) in [6, 6.07) is 10.0. The smallest absolute Gasteiger partial charge is 0.227 e. The van der Waals surface area contributed by atoms with Crippen molar-refractivity contribution >= 4 is 16.8 Å². The highest BCUT2D eigenvalue weighted by Crippen LogP contribution is 2.17. The maximum Gasteiger partial charge on any atom is 0.227 e. The molecule has 23 heavy (non-hydrogen) atoms. The summed E-state index contributed by atoms with van der Waals surface area (Å²) in [5.41, 5.74) is 1.97. The molecule has 4 heteroatoms. The summed E-state index contributed by atoms with van der Waals surface area (Å²) in [4.78, 5) is 21.5. The van der Waals surface area contributed by atoms with Gasteiger partial charge in [-0.1, -0.05) is 38.1 Å². The molecule has 0 aliphatic carbocycles. The molecule has 0 radical (unpaired) electrons. The molecular weight excluding hydrogens is 286 g/mol. The monoisotopic (exact) mass is 311 g/mol. The van der Waals surface area contributed by atoms with Gasteiger partial charge in [0, 0.05) is 44.3 Å². The van der Waals surface area contributed by atoms with Crippen LogP contribution in [0.1, 0.15) is 19.4 Å². The van der Waals surface area contributed by atoms with Crippen LogP contribution in [0, 0.1) is 5.92 Å². The van der Waals surface area contributed by atoms with Gasteiger partial charge < -0.3 is 4.90 Å². The van der Waals surface area contributed by atoms with Crippen LogP contribution in [0.2, 0.25) is 0 Å². The van der Waals surface area contributed by atoms with E-state index in [4.69, 9.17) is 0 Å². The topological polar surface area (TPSA) is 36.4 Å². The molecule has 1 aliphatic heterocycles. The van der Waals surface area contributed by atoms with E-state index in [1.165, 1.54) is 0 Å². The van der Waals surface area contributed by atoms with E-state index < -0.39 is 0 Å². The van der Waals surface area contributed by atoms with Crippen molar-refractivity contribution in [2.24, 2.45) is 5.92 Å². The molecule has 1 saturated heterocycles. The SMILES string of the molecule is CC(C)CN1CCN(C(=O)Cc2cccc3cccnc23)CC1. The quantitative estimate of drug-likeness (QED) is 0.871. The fourth-order valence-electron chi connectivity index (χ4n) is 3.28. The van der Waals surface area contributed by atoms with Gasteiger partial charge in [0.05, 0.1) is 11.9 Å². The minimum atomic E-state index is 0.215. The molecule has 0 unspecified atom stereocenters. The Morgan fingerprint density at radius 3 is 2.61 bits per heavy atom. The maximum atomic E-state index is 12.6. The second-order valence-corrected chi connectivity index (χ2v) is 6.74. The van der Waals surface area contributed by atoms with Gasteiger partial charge >= 0.3 is 0 Å². The third-order valence-electron chi connectivity index (χ3n) is 4.41. The molecule has 0 saturated carbocycles. The Morgan fingerprint density at radius 2 is 1.87 bits per heavy atom. The number of aromatic nitrogens is 1. The van der Waals surface area contributed by atoms with E-state index in [-0.39, 0.29) is 5.91 Å². The van der Waals surface area contributed by atoms with Crippen LogP contribution in [0.25, 0.3) is 10.9 Å². The van der Waals surface area contributed by atoms with Crippen molar-refractivity contribution in [2.45, 2.75) is 20.3 Å². The number of piperazine rings is 1. The van der Waals surface area contributed by atoms with Gasteiger partial charge in [-0.15, -0.1) is 0 Å². The van der Waals surface area contributed by atoms with Crippen LogP contribution in [0.15, 0.2) is 36.5 Å². The van der Waals surface area contributed by atoms with Crippen LogP contribution < -0.4 is 0 Å². The molecule has 2 heterocycles. The standard InChI is InChI=1S/C19H25N3O/c1-15(2)14-21-9-11-22(12-10-21)18(23)13-17-6-3-5-16-7-4-8-20-19(16)17/h3-8,15H,9-14H2,1-2H3. The number of carbonyl (C=O) groups excluding carboxylic acids is 1. The van der Waals surface area contributed by atoms with Crippen LogP contribution in [-0.4, -0.2) is 53.4 Å². The summed E-state index contributed by atoms with van der Waals surface area (Å²) in [6.07, 6.45) is 2.24. The highest BCUT2D eigenvalue weighted by Gasteiger charge is 2.22. The van der Waals surface area contributed by atoms with E-state index in [0.717, 1.165) is 49.2 Å².